The van der Waals surface area contributed by atoms with Gasteiger partial charge in [0.1, 0.15) is 0 Å². The van der Waals surface area contributed by atoms with Gasteiger partial charge in [0, 0.05) is 30.5 Å². The largest absolute Gasteiger partial charge is 0.381 e. The fourth-order valence-corrected chi connectivity index (χ4v) is 2.62. The summed E-state index contributed by atoms with van der Waals surface area (Å²) in [5, 5.41) is 13.7. The summed E-state index contributed by atoms with van der Waals surface area (Å²) in [6.07, 6.45) is 5.90. The molecule has 0 unspecified atom stereocenters. The maximum absolute atomic E-state index is 9.23. The summed E-state index contributed by atoms with van der Waals surface area (Å²) in [5.41, 5.74) is 3.82. The second kappa shape index (κ2) is 5.48. The number of ether oxygens (including phenoxy) is 1. The van der Waals surface area contributed by atoms with Gasteiger partial charge in [0.2, 0.25) is 0 Å². The Labute approximate surface area is 118 Å². The highest BCUT2D eigenvalue weighted by Gasteiger charge is 2.17. The molecule has 2 heterocycles. The minimum Gasteiger partial charge on any atom is -0.381 e. The van der Waals surface area contributed by atoms with Crippen LogP contribution in [-0.4, -0.2) is 23.0 Å². The van der Waals surface area contributed by atoms with E-state index in [2.05, 4.69) is 11.2 Å². The molecule has 1 aliphatic heterocycles. The van der Waals surface area contributed by atoms with E-state index in [1.54, 1.807) is 0 Å². The van der Waals surface area contributed by atoms with Crippen LogP contribution in [0.4, 0.5) is 0 Å². The van der Waals surface area contributed by atoms with E-state index in [4.69, 9.17) is 4.74 Å². The third-order valence-electron chi connectivity index (χ3n) is 3.77. The molecule has 102 valence electrons. The van der Waals surface area contributed by atoms with Crippen LogP contribution in [0, 0.1) is 18.3 Å². The van der Waals surface area contributed by atoms with Crippen molar-refractivity contribution in [3.63, 3.8) is 0 Å². The topological polar surface area (TPSA) is 50.8 Å². The van der Waals surface area contributed by atoms with E-state index in [0.717, 1.165) is 42.7 Å². The molecule has 2 aromatic rings. The number of aryl methyl sites for hydroxylation is 1. The quantitative estimate of drug-likeness (QED) is 0.840. The number of rotatable bonds is 2. The molecule has 0 N–H and O–H groups in total. The van der Waals surface area contributed by atoms with Gasteiger partial charge in [0.15, 0.2) is 0 Å². The lowest BCUT2D eigenvalue weighted by molar-refractivity contribution is 0.0662. The fourth-order valence-electron chi connectivity index (χ4n) is 2.62. The summed E-state index contributed by atoms with van der Waals surface area (Å²) < 4.78 is 7.40. The number of aromatic nitrogens is 2. The van der Waals surface area contributed by atoms with Gasteiger partial charge < -0.3 is 4.74 Å². The second-order valence-corrected chi connectivity index (χ2v) is 5.21. The van der Waals surface area contributed by atoms with Crippen LogP contribution < -0.4 is 0 Å². The van der Waals surface area contributed by atoms with Crippen molar-refractivity contribution in [1.82, 2.24) is 9.78 Å². The highest BCUT2D eigenvalue weighted by atomic mass is 16.5. The monoisotopic (exact) mass is 267 g/mol. The average Bonchev–Trinajstić information content (AvgIpc) is 2.98. The first kappa shape index (κ1) is 12.9. The van der Waals surface area contributed by atoms with E-state index < -0.39 is 0 Å². The number of benzene rings is 1. The Morgan fingerprint density at radius 1 is 1.35 bits per heavy atom. The number of hydrogen-bond donors (Lipinski definition) is 0. The first-order valence-corrected chi connectivity index (χ1v) is 6.91. The van der Waals surface area contributed by atoms with Crippen LogP contribution in [0.3, 0.4) is 0 Å². The first-order valence-electron chi connectivity index (χ1n) is 6.91. The Hall–Kier alpha value is -2.12. The smallest absolute Gasteiger partial charge is 0.0998 e. The molecule has 1 saturated heterocycles. The Morgan fingerprint density at radius 3 is 2.90 bits per heavy atom. The predicted octanol–water partition coefficient (Wildman–Crippen LogP) is 3.08. The maximum Gasteiger partial charge on any atom is 0.0998 e. The molecular formula is C16H17N3O. The SMILES string of the molecule is Cc1ccc(C#N)c(-c2cnn(C3CCOCC3)c2)c1. The molecule has 0 radical (unpaired) electrons. The maximum atomic E-state index is 9.23. The van der Waals surface area contributed by atoms with Crippen molar-refractivity contribution >= 4 is 0 Å². The highest BCUT2D eigenvalue weighted by Crippen LogP contribution is 2.27. The van der Waals surface area contributed by atoms with E-state index in [9.17, 15) is 5.26 Å². The molecule has 1 aromatic carbocycles. The molecule has 0 amide bonds. The fraction of sp³-hybridized carbons (Fsp3) is 0.375. The average molecular weight is 267 g/mol. The van der Waals surface area contributed by atoms with E-state index in [0.29, 0.717) is 11.6 Å². The van der Waals surface area contributed by atoms with Crippen LogP contribution in [-0.2, 0) is 4.74 Å². The van der Waals surface area contributed by atoms with Crippen LogP contribution >= 0.6 is 0 Å². The molecule has 0 atom stereocenters. The summed E-state index contributed by atoms with van der Waals surface area (Å²) in [7, 11) is 0. The molecule has 3 rings (SSSR count). The molecule has 4 heteroatoms. The van der Waals surface area contributed by atoms with Crippen molar-refractivity contribution in [2.45, 2.75) is 25.8 Å². The van der Waals surface area contributed by atoms with Crippen LogP contribution in [0.15, 0.2) is 30.6 Å². The lowest BCUT2D eigenvalue weighted by Crippen LogP contribution is -2.19. The summed E-state index contributed by atoms with van der Waals surface area (Å²) in [6, 6.07) is 8.54. The minimum absolute atomic E-state index is 0.410. The molecule has 0 spiro atoms. The summed E-state index contributed by atoms with van der Waals surface area (Å²) >= 11 is 0. The zero-order valence-electron chi connectivity index (χ0n) is 11.5. The van der Waals surface area contributed by atoms with Crippen molar-refractivity contribution in [2.24, 2.45) is 0 Å². The van der Waals surface area contributed by atoms with Crippen LogP contribution in [0.2, 0.25) is 0 Å². The summed E-state index contributed by atoms with van der Waals surface area (Å²) in [4.78, 5) is 0. The molecule has 0 saturated carbocycles. The second-order valence-electron chi connectivity index (χ2n) is 5.21. The lowest BCUT2D eigenvalue weighted by atomic mass is 10.0. The zero-order valence-corrected chi connectivity index (χ0v) is 11.5. The van der Waals surface area contributed by atoms with E-state index >= 15 is 0 Å². The van der Waals surface area contributed by atoms with Crippen molar-refractivity contribution in [3.05, 3.63) is 41.7 Å². The first-order chi connectivity index (χ1) is 9.78. The predicted molar refractivity (Wildman–Crippen MR) is 76.2 cm³/mol. The number of hydrogen-bond acceptors (Lipinski definition) is 3. The molecule has 1 fully saturated rings. The Morgan fingerprint density at radius 2 is 2.15 bits per heavy atom. The minimum atomic E-state index is 0.410. The molecule has 1 aliphatic rings. The number of nitriles is 1. The van der Waals surface area contributed by atoms with Crippen molar-refractivity contribution in [1.29, 1.82) is 5.26 Å². The van der Waals surface area contributed by atoms with Gasteiger partial charge in [-0.15, -0.1) is 0 Å². The van der Waals surface area contributed by atoms with E-state index in [-0.39, 0.29) is 0 Å². The van der Waals surface area contributed by atoms with Crippen LogP contribution in [0.1, 0.15) is 30.0 Å². The van der Waals surface area contributed by atoms with Gasteiger partial charge in [-0.05, 0) is 31.9 Å². The van der Waals surface area contributed by atoms with Gasteiger partial charge in [0.05, 0.1) is 23.9 Å². The Balaban J connectivity index is 1.94. The Bertz CT molecular complexity index is 648. The third kappa shape index (κ3) is 2.45. The van der Waals surface area contributed by atoms with Crippen molar-refractivity contribution in [2.75, 3.05) is 13.2 Å². The highest BCUT2D eigenvalue weighted by molar-refractivity contribution is 5.70. The van der Waals surface area contributed by atoms with Crippen molar-refractivity contribution < 1.29 is 4.74 Å². The van der Waals surface area contributed by atoms with Gasteiger partial charge >= 0.3 is 0 Å². The number of nitrogens with zero attached hydrogens (tertiary/aromatic N) is 3. The molecule has 0 bridgehead atoms. The lowest BCUT2D eigenvalue weighted by Gasteiger charge is -2.22. The normalized spacial score (nSPS) is 16.0. The molecule has 0 aliphatic carbocycles. The van der Waals surface area contributed by atoms with Crippen molar-refractivity contribution in [3.8, 4) is 17.2 Å². The standard InChI is InChI=1S/C16H17N3O/c1-12-2-3-13(9-17)16(8-12)14-10-18-19(11-14)15-4-6-20-7-5-15/h2-3,8,10-11,15H,4-7H2,1H3. The zero-order chi connectivity index (χ0) is 13.9. The molecule has 1 aromatic heterocycles. The van der Waals surface area contributed by atoms with Gasteiger partial charge in [-0.2, -0.15) is 10.4 Å². The Kier molecular flexibility index (Phi) is 3.53. The molecule has 20 heavy (non-hydrogen) atoms. The van der Waals surface area contributed by atoms with E-state index in [1.807, 2.05) is 42.2 Å². The summed E-state index contributed by atoms with van der Waals surface area (Å²) in [6.45, 7) is 3.63. The van der Waals surface area contributed by atoms with E-state index in [1.165, 1.54) is 0 Å². The molecular weight excluding hydrogens is 250 g/mol. The molecule has 4 nitrogen and oxygen atoms in total. The summed E-state index contributed by atoms with van der Waals surface area (Å²) in [5.74, 6) is 0. The van der Waals surface area contributed by atoms with Gasteiger partial charge in [-0.1, -0.05) is 11.6 Å². The third-order valence-corrected chi connectivity index (χ3v) is 3.77. The van der Waals surface area contributed by atoms with Gasteiger partial charge in [0.25, 0.3) is 0 Å². The van der Waals surface area contributed by atoms with Crippen LogP contribution in [0.5, 0.6) is 0 Å². The van der Waals surface area contributed by atoms with Gasteiger partial charge in [-0.25, -0.2) is 0 Å². The van der Waals surface area contributed by atoms with Gasteiger partial charge in [-0.3, -0.25) is 4.68 Å². The van der Waals surface area contributed by atoms with Crippen LogP contribution in [0.25, 0.3) is 11.1 Å².